The van der Waals surface area contributed by atoms with Gasteiger partial charge in [0, 0.05) is 4.88 Å². The van der Waals surface area contributed by atoms with Gasteiger partial charge in [-0.25, -0.2) is 0 Å². The number of rotatable bonds is 10. The average Bonchev–Trinajstić information content (AvgIpc) is 2.91. The van der Waals surface area contributed by atoms with E-state index in [0.29, 0.717) is 0 Å². The van der Waals surface area contributed by atoms with Gasteiger partial charge in [-0.05, 0) is 36.8 Å². The number of esters is 1. The summed E-state index contributed by atoms with van der Waals surface area (Å²) < 4.78 is 4.80. The van der Waals surface area contributed by atoms with Crippen LogP contribution in [0.2, 0.25) is 0 Å². The number of aryl methyl sites for hydroxylation is 1. The minimum Gasteiger partial charge on any atom is -0.466 e. The molecule has 1 heterocycles. The third-order valence-electron chi connectivity index (χ3n) is 3.39. The molecule has 0 bridgehead atoms. The third kappa shape index (κ3) is 6.16. The quantitative estimate of drug-likeness (QED) is 0.514. The van der Waals surface area contributed by atoms with Gasteiger partial charge < -0.3 is 14.9 Å². The van der Waals surface area contributed by atoms with E-state index in [9.17, 15) is 15.0 Å². The highest BCUT2D eigenvalue weighted by Crippen LogP contribution is 2.29. The molecule has 0 amide bonds. The van der Waals surface area contributed by atoms with Crippen molar-refractivity contribution in [3.63, 3.8) is 0 Å². The molecule has 4 nitrogen and oxygen atoms in total. The first-order valence-corrected chi connectivity index (χ1v) is 8.56. The molecule has 1 aromatic rings. The van der Waals surface area contributed by atoms with Gasteiger partial charge >= 0.3 is 5.97 Å². The lowest BCUT2D eigenvalue weighted by Crippen LogP contribution is -2.23. The topological polar surface area (TPSA) is 66.8 Å². The van der Waals surface area contributed by atoms with Gasteiger partial charge in [-0.3, -0.25) is 4.79 Å². The number of hydrogen-bond donors (Lipinski definition) is 2. The lowest BCUT2D eigenvalue weighted by atomic mass is 10.0. The van der Waals surface area contributed by atoms with E-state index in [-0.39, 0.29) is 13.0 Å². The predicted octanol–water partition coefficient (Wildman–Crippen LogP) is 3.22. The van der Waals surface area contributed by atoms with E-state index in [4.69, 9.17) is 4.74 Å². The second-order valence-electron chi connectivity index (χ2n) is 5.14. The van der Waals surface area contributed by atoms with Crippen molar-refractivity contribution in [3.05, 3.63) is 21.9 Å². The van der Waals surface area contributed by atoms with Gasteiger partial charge in [-0.1, -0.05) is 26.2 Å². The van der Waals surface area contributed by atoms with Gasteiger partial charge in [0.15, 0.2) is 0 Å². The van der Waals surface area contributed by atoms with Gasteiger partial charge in [0.25, 0.3) is 0 Å². The zero-order chi connectivity index (χ0) is 15.7. The summed E-state index contributed by atoms with van der Waals surface area (Å²) in [5, 5.41) is 22.1. The summed E-state index contributed by atoms with van der Waals surface area (Å²) in [6.45, 7) is 4.17. The fraction of sp³-hybridized carbons (Fsp3) is 0.688. The second kappa shape index (κ2) is 9.92. The fourth-order valence-electron chi connectivity index (χ4n) is 2.23. The molecule has 0 saturated heterocycles. The van der Waals surface area contributed by atoms with Crippen LogP contribution in [0.4, 0.5) is 0 Å². The van der Waals surface area contributed by atoms with E-state index in [1.165, 1.54) is 30.6 Å². The molecule has 0 aliphatic carbocycles. The maximum atomic E-state index is 11.4. The summed E-state index contributed by atoms with van der Waals surface area (Å²) in [4.78, 5) is 12.1. The Bertz CT molecular complexity index is 416. The summed E-state index contributed by atoms with van der Waals surface area (Å²) in [6, 6.07) is 1.99. The van der Waals surface area contributed by atoms with Crippen molar-refractivity contribution in [2.24, 2.45) is 0 Å². The van der Waals surface area contributed by atoms with Gasteiger partial charge in [0.05, 0.1) is 19.1 Å². The van der Waals surface area contributed by atoms with E-state index in [1.54, 1.807) is 6.92 Å². The average molecular weight is 314 g/mol. The van der Waals surface area contributed by atoms with Crippen LogP contribution in [0.1, 0.15) is 62.5 Å². The van der Waals surface area contributed by atoms with Gasteiger partial charge in [-0.2, -0.15) is 0 Å². The molecule has 0 aromatic carbocycles. The number of aliphatic hydroxyl groups is 2. The SMILES string of the molecule is CCCCCCc1ccsc1C(O)C(O)CC(=O)OCC. The van der Waals surface area contributed by atoms with Crippen molar-refractivity contribution in [2.45, 2.75) is 64.6 Å². The normalized spacial score (nSPS) is 13.9. The molecular weight excluding hydrogens is 288 g/mol. The smallest absolute Gasteiger partial charge is 0.308 e. The molecule has 2 unspecified atom stereocenters. The Kier molecular flexibility index (Phi) is 8.57. The van der Waals surface area contributed by atoms with Crippen LogP contribution in [0.15, 0.2) is 11.4 Å². The lowest BCUT2D eigenvalue weighted by Gasteiger charge is -2.17. The van der Waals surface area contributed by atoms with E-state index < -0.39 is 18.2 Å². The van der Waals surface area contributed by atoms with Crippen molar-refractivity contribution in [2.75, 3.05) is 6.61 Å². The Morgan fingerprint density at radius 1 is 1.29 bits per heavy atom. The van der Waals surface area contributed by atoms with Crippen LogP contribution in [-0.2, 0) is 16.0 Å². The first kappa shape index (κ1) is 18.1. The van der Waals surface area contributed by atoms with Gasteiger partial charge in [0.1, 0.15) is 6.10 Å². The molecular formula is C16H26O4S. The fourth-order valence-corrected chi connectivity index (χ4v) is 3.23. The maximum Gasteiger partial charge on any atom is 0.308 e. The molecule has 2 N–H and O–H groups in total. The molecule has 0 aliphatic heterocycles. The monoisotopic (exact) mass is 314 g/mol. The highest BCUT2D eigenvalue weighted by molar-refractivity contribution is 7.10. The van der Waals surface area contributed by atoms with Crippen LogP contribution in [0, 0.1) is 0 Å². The van der Waals surface area contributed by atoms with Gasteiger partial charge in [0.2, 0.25) is 0 Å². The Morgan fingerprint density at radius 2 is 2.05 bits per heavy atom. The van der Waals surface area contributed by atoms with Gasteiger partial charge in [-0.15, -0.1) is 11.3 Å². The van der Waals surface area contributed by atoms with E-state index in [0.717, 1.165) is 23.3 Å². The number of unbranched alkanes of at least 4 members (excludes halogenated alkanes) is 3. The molecule has 1 aromatic heterocycles. The van der Waals surface area contributed by atoms with E-state index in [1.807, 2.05) is 11.4 Å². The van der Waals surface area contributed by atoms with Crippen LogP contribution in [0.5, 0.6) is 0 Å². The predicted molar refractivity (Wildman–Crippen MR) is 84.4 cm³/mol. The maximum absolute atomic E-state index is 11.4. The van der Waals surface area contributed by atoms with Crippen molar-refractivity contribution >= 4 is 17.3 Å². The Morgan fingerprint density at radius 3 is 2.71 bits per heavy atom. The summed E-state index contributed by atoms with van der Waals surface area (Å²) >= 11 is 1.43. The standard InChI is InChI=1S/C16H26O4S/c1-3-5-6-7-8-12-9-10-21-16(12)15(19)13(17)11-14(18)20-4-2/h9-10,13,15,17,19H,3-8,11H2,1-2H3. The molecule has 21 heavy (non-hydrogen) atoms. The minimum absolute atomic E-state index is 0.178. The molecule has 1 rings (SSSR count). The number of ether oxygens (including phenoxy) is 1. The summed E-state index contributed by atoms with van der Waals surface area (Å²) in [6.07, 6.45) is 3.26. The number of carbonyl (C=O) groups is 1. The number of thiophene rings is 1. The largest absolute Gasteiger partial charge is 0.466 e. The van der Waals surface area contributed by atoms with Crippen molar-refractivity contribution in [1.82, 2.24) is 0 Å². The van der Waals surface area contributed by atoms with Crippen molar-refractivity contribution in [1.29, 1.82) is 0 Å². The number of hydrogen-bond acceptors (Lipinski definition) is 5. The van der Waals surface area contributed by atoms with Crippen molar-refractivity contribution < 1.29 is 19.7 Å². The Hall–Kier alpha value is -0.910. The third-order valence-corrected chi connectivity index (χ3v) is 4.42. The molecule has 2 atom stereocenters. The van der Waals surface area contributed by atoms with E-state index in [2.05, 4.69) is 6.92 Å². The Labute approximate surface area is 130 Å². The van der Waals surface area contributed by atoms with Crippen LogP contribution in [0.3, 0.4) is 0 Å². The molecule has 120 valence electrons. The van der Waals surface area contributed by atoms with Crippen LogP contribution >= 0.6 is 11.3 Å². The molecule has 0 fully saturated rings. The van der Waals surface area contributed by atoms with Crippen molar-refractivity contribution in [3.8, 4) is 0 Å². The summed E-state index contributed by atoms with van der Waals surface area (Å²) in [5.41, 5.74) is 1.08. The van der Waals surface area contributed by atoms with Crippen LogP contribution in [-0.4, -0.2) is 28.9 Å². The van der Waals surface area contributed by atoms with E-state index >= 15 is 0 Å². The molecule has 0 aliphatic rings. The lowest BCUT2D eigenvalue weighted by molar-refractivity contribution is -0.147. The highest BCUT2D eigenvalue weighted by atomic mass is 32.1. The minimum atomic E-state index is -1.11. The summed E-state index contributed by atoms with van der Waals surface area (Å²) in [7, 11) is 0. The molecule has 5 heteroatoms. The first-order chi connectivity index (χ1) is 10.1. The molecule has 0 saturated carbocycles. The number of aliphatic hydroxyl groups excluding tert-OH is 2. The zero-order valence-corrected chi connectivity index (χ0v) is 13.7. The number of carbonyl (C=O) groups excluding carboxylic acids is 1. The Balaban J connectivity index is 2.55. The summed E-state index contributed by atoms with van der Waals surface area (Å²) in [5.74, 6) is -0.481. The highest BCUT2D eigenvalue weighted by Gasteiger charge is 2.25. The second-order valence-corrected chi connectivity index (χ2v) is 6.09. The van der Waals surface area contributed by atoms with Crippen LogP contribution in [0.25, 0.3) is 0 Å². The first-order valence-electron chi connectivity index (χ1n) is 7.68. The zero-order valence-electron chi connectivity index (χ0n) is 12.9. The molecule has 0 spiro atoms. The van der Waals surface area contributed by atoms with Crippen LogP contribution < -0.4 is 0 Å². The molecule has 0 radical (unpaired) electrons.